The fraction of sp³-hybridized carbons (Fsp3) is 0.385. The molecule has 0 unspecified atom stereocenters. The molecule has 3 amide bonds. The van der Waals surface area contributed by atoms with Crippen LogP contribution in [0.5, 0.6) is 0 Å². The van der Waals surface area contributed by atoms with Gasteiger partial charge in [-0.05, 0) is 12.1 Å². The predicted molar refractivity (Wildman–Crippen MR) is 80.5 cm³/mol. The van der Waals surface area contributed by atoms with E-state index in [0.29, 0.717) is 0 Å². The molecule has 0 saturated carbocycles. The van der Waals surface area contributed by atoms with E-state index in [-0.39, 0.29) is 42.3 Å². The Morgan fingerprint density at radius 2 is 1.91 bits per heavy atom. The molecule has 0 aromatic heterocycles. The Kier molecular flexibility index (Phi) is 5.16. The molecule has 1 aromatic carbocycles. The fourth-order valence-corrected chi connectivity index (χ4v) is 3.31. The number of halogens is 1. The molecule has 1 fully saturated rings. The van der Waals surface area contributed by atoms with Crippen molar-refractivity contribution in [2.45, 2.75) is 6.54 Å². The lowest BCUT2D eigenvalue weighted by molar-refractivity contribution is 0.0953. The van der Waals surface area contributed by atoms with Gasteiger partial charge in [-0.15, -0.1) is 0 Å². The van der Waals surface area contributed by atoms with Crippen molar-refractivity contribution in [2.75, 3.05) is 24.6 Å². The van der Waals surface area contributed by atoms with E-state index in [1.54, 1.807) is 0 Å². The van der Waals surface area contributed by atoms with Crippen LogP contribution >= 0.6 is 0 Å². The standard InChI is InChI=1S/C13H17FN4O4S/c14-11-7-9(12(19)17-15)1-2-10(11)8-16-13(20)18-3-5-23(21,22)6-4-18/h1-2,7H,3-6,8,15H2,(H,16,20)(H,17,19). The Morgan fingerprint density at radius 1 is 1.26 bits per heavy atom. The largest absolute Gasteiger partial charge is 0.334 e. The van der Waals surface area contributed by atoms with Gasteiger partial charge in [-0.3, -0.25) is 10.2 Å². The van der Waals surface area contributed by atoms with Crippen LogP contribution < -0.4 is 16.6 Å². The van der Waals surface area contributed by atoms with E-state index in [9.17, 15) is 22.4 Å². The average molecular weight is 344 g/mol. The second-order valence-electron chi connectivity index (χ2n) is 5.08. The quantitative estimate of drug-likeness (QED) is 0.383. The van der Waals surface area contributed by atoms with Gasteiger partial charge in [0.25, 0.3) is 5.91 Å². The minimum atomic E-state index is -3.07. The molecule has 10 heteroatoms. The summed E-state index contributed by atoms with van der Waals surface area (Å²) < 4.78 is 36.5. The van der Waals surface area contributed by atoms with E-state index in [2.05, 4.69) is 5.32 Å². The van der Waals surface area contributed by atoms with Crippen molar-refractivity contribution < 1.29 is 22.4 Å². The predicted octanol–water partition coefficient (Wildman–Crippen LogP) is -0.631. The highest BCUT2D eigenvalue weighted by Crippen LogP contribution is 2.11. The van der Waals surface area contributed by atoms with Crippen LogP contribution in [0.4, 0.5) is 9.18 Å². The molecule has 1 aromatic rings. The van der Waals surface area contributed by atoms with Gasteiger partial charge in [0, 0.05) is 30.8 Å². The van der Waals surface area contributed by atoms with Crippen LogP contribution in [0.3, 0.4) is 0 Å². The van der Waals surface area contributed by atoms with Crippen LogP contribution in [0.25, 0.3) is 0 Å². The second-order valence-corrected chi connectivity index (χ2v) is 7.38. The SMILES string of the molecule is NNC(=O)c1ccc(CNC(=O)N2CCS(=O)(=O)CC2)c(F)c1. The summed E-state index contributed by atoms with van der Waals surface area (Å²) in [5.41, 5.74) is 2.17. The molecule has 1 saturated heterocycles. The maximum atomic E-state index is 13.9. The molecule has 1 aliphatic rings. The van der Waals surface area contributed by atoms with E-state index < -0.39 is 27.6 Å². The van der Waals surface area contributed by atoms with Crippen LogP contribution in [0.1, 0.15) is 15.9 Å². The molecule has 0 atom stereocenters. The van der Waals surface area contributed by atoms with Gasteiger partial charge in [0.1, 0.15) is 5.82 Å². The third kappa shape index (κ3) is 4.39. The van der Waals surface area contributed by atoms with E-state index >= 15 is 0 Å². The molecule has 0 bridgehead atoms. The van der Waals surface area contributed by atoms with Crippen molar-refractivity contribution in [2.24, 2.45) is 5.84 Å². The van der Waals surface area contributed by atoms with Crippen molar-refractivity contribution in [3.05, 3.63) is 35.1 Å². The first kappa shape index (κ1) is 17.2. The fourth-order valence-electron chi connectivity index (χ4n) is 2.11. The number of amides is 3. The van der Waals surface area contributed by atoms with E-state index in [0.717, 1.165) is 6.07 Å². The number of benzene rings is 1. The molecule has 126 valence electrons. The number of carbonyl (C=O) groups is 2. The molecular weight excluding hydrogens is 327 g/mol. The van der Waals surface area contributed by atoms with E-state index in [1.165, 1.54) is 17.0 Å². The van der Waals surface area contributed by atoms with E-state index in [4.69, 9.17) is 5.84 Å². The molecule has 0 aliphatic carbocycles. The van der Waals surface area contributed by atoms with E-state index in [1.807, 2.05) is 5.43 Å². The van der Waals surface area contributed by atoms with Gasteiger partial charge in [0.15, 0.2) is 9.84 Å². The first-order valence-corrected chi connectivity index (χ1v) is 8.67. The topological polar surface area (TPSA) is 122 Å². The molecule has 8 nitrogen and oxygen atoms in total. The zero-order valence-corrected chi connectivity index (χ0v) is 13.0. The Labute approximate surface area is 132 Å². The highest BCUT2D eigenvalue weighted by molar-refractivity contribution is 7.91. The summed E-state index contributed by atoms with van der Waals surface area (Å²) in [6.45, 7) is 0.164. The monoisotopic (exact) mass is 344 g/mol. The number of hydrogen-bond acceptors (Lipinski definition) is 5. The van der Waals surface area contributed by atoms with Gasteiger partial charge in [-0.1, -0.05) is 6.07 Å². The first-order valence-electron chi connectivity index (χ1n) is 6.85. The summed E-state index contributed by atoms with van der Waals surface area (Å²) in [5, 5.41) is 2.53. The Morgan fingerprint density at radius 3 is 2.48 bits per heavy atom. The summed E-state index contributed by atoms with van der Waals surface area (Å²) in [6, 6.07) is 3.33. The number of hydrazine groups is 1. The maximum Gasteiger partial charge on any atom is 0.317 e. The number of nitrogens with two attached hydrogens (primary N) is 1. The summed E-state index contributed by atoms with van der Waals surface area (Å²) in [4.78, 5) is 24.6. The lowest BCUT2D eigenvalue weighted by atomic mass is 10.1. The molecule has 0 radical (unpaired) electrons. The molecule has 4 N–H and O–H groups in total. The number of sulfone groups is 1. The summed E-state index contributed by atoms with van der Waals surface area (Å²) in [6.07, 6.45) is 0. The lowest BCUT2D eigenvalue weighted by Crippen LogP contribution is -2.48. The molecule has 1 heterocycles. The summed E-state index contributed by atoms with van der Waals surface area (Å²) in [7, 11) is -3.07. The van der Waals surface area contributed by atoms with Gasteiger partial charge in [-0.25, -0.2) is 23.4 Å². The number of nitrogen functional groups attached to an aromatic ring is 1. The third-order valence-corrected chi connectivity index (χ3v) is 5.12. The average Bonchev–Trinajstić information content (AvgIpc) is 2.52. The summed E-state index contributed by atoms with van der Waals surface area (Å²) in [5.74, 6) is 3.56. The Bertz CT molecular complexity index is 709. The van der Waals surface area contributed by atoms with Gasteiger partial charge in [-0.2, -0.15) is 0 Å². The second kappa shape index (κ2) is 6.92. The molecule has 23 heavy (non-hydrogen) atoms. The summed E-state index contributed by atoms with van der Waals surface area (Å²) >= 11 is 0. The zero-order chi connectivity index (χ0) is 17.0. The number of carbonyl (C=O) groups excluding carboxylic acids is 2. The van der Waals surface area contributed by atoms with Crippen molar-refractivity contribution in [1.82, 2.24) is 15.6 Å². The Hall–Kier alpha value is -2.20. The number of hydrogen-bond donors (Lipinski definition) is 3. The van der Waals surface area contributed by atoms with Gasteiger partial charge >= 0.3 is 6.03 Å². The minimum Gasteiger partial charge on any atom is -0.334 e. The number of rotatable bonds is 3. The van der Waals surface area contributed by atoms with Crippen LogP contribution in [-0.2, 0) is 16.4 Å². The van der Waals surface area contributed by atoms with Crippen LogP contribution in [0, 0.1) is 5.82 Å². The maximum absolute atomic E-state index is 13.9. The first-order chi connectivity index (χ1) is 10.8. The van der Waals surface area contributed by atoms with Gasteiger partial charge < -0.3 is 10.2 Å². The van der Waals surface area contributed by atoms with Crippen molar-refractivity contribution in [1.29, 1.82) is 0 Å². The van der Waals surface area contributed by atoms with Crippen LogP contribution in [-0.4, -0.2) is 49.9 Å². The van der Waals surface area contributed by atoms with Gasteiger partial charge in [0.05, 0.1) is 11.5 Å². The van der Waals surface area contributed by atoms with Crippen LogP contribution in [0.15, 0.2) is 18.2 Å². The van der Waals surface area contributed by atoms with Crippen LogP contribution in [0.2, 0.25) is 0 Å². The molecule has 1 aliphatic heterocycles. The number of nitrogens with zero attached hydrogens (tertiary/aromatic N) is 1. The molecule has 0 spiro atoms. The third-order valence-electron chi connectivity index (χ3n) is 3.51. The normalized spacial score (nSPS) is 16.7. The minimum absolute atomic E-state index is 0.0707. The number of nitrogens with one attached hydrogen (secondary N) is 2. The molecule has 2 rings (SSSR count). The smallest absolute Gasteiger partial charge is 0.317 e. The van der Waals surface area contributed by atoms with Crippen molar-refractivity contribution in [3.8, 4) is 0 Å². The number of urea groups is 1. The van der Waals surface area contributed by atoms with Crippen molar-refractivity contribution in [3.63, 3.8) is 0 Å². The van der Waals surface area contributed by atoms with Crippen molar-refractivity contribution >= 4 is 21.8 Å². The molecular formula is C13H17FN4O4S. The zero-order valence-electron chi connectivity index (χ0n) is 12.2. The highest BCUT2D eigenvalue weighted by Gasteiger charge is 2.24. The Balaban J connectivity index is 1.93. The lowest BCUT2D eigenvalue weighted by Gasteiger charge is -2.26. The van der Waals surface area contributed by atoms with Gasteiger partial charge in [0.2, 0.25) is 0 Å². The highest BCUT2D eigenvalue weighted by atomic mass is 32.2.